The van der Waals surface area contributed by atoms with Gasteiger partial charge in [-0.25, -0.2) is 4.98 Å². The minimum Gasteiger partial charge on any atom is -0.330 e. The molecule has 0 spiro atoms. The first-order chi connectivity index (χ1) is 7.38. The van der Waals surface area contributed by atoms with Crippen LogP contribution in [0.15, 0.2) is 45.1 Å². The van der Waals surface area contributed by atoms with Crippen molar-refractivity contribution in [3.8, 4) is 0 Å². The lowest BCUT2D eigenvalue weighted by molar-refractivity contribution is 0.946. The average Bonchev–Trinajstić information content (AvgIpc) is 2.74. The minimum absolute atomic E-state index is 0.680. The molecule has 0 aromatic carbocycles. The highest BCUT2D eigenvalue weighted by atomic mass is 32.2. The SMILES string of the molecule is NCCc1ccc(Sc2cccs2)nc1. The number of rotatable bonds is 4. The lowest BCUT2D eigenvalue weighted by Gasteiger charge is -2.00. The van der Waals surface area contributed by atoms with Crippen LogP contribution in [0.2, 0.25) is 0 Å². The largest absolute Gasteiger partial charge is 0.330 e. The molecule has 2 heterocycles. The predicted octanol–water partition coefficient (Wildman–Crippen LogP) is 2.80. The highest BCUT2D eigenvalue weighted by molar-refractivity contribution is 8.01. The van der Waals surface area contributed by atoms with Crippen LogP contribution in [0.25, 0.3) is 0 Å². The Labute approximate surface area is 97.5 Å². The molecule has 0 aliphatic heterocycles. The second kappa shape index (κ2) is 5.30. The zero-order chi connectivity index (χ0) is 10.5. The molecule has 0 aliphatic rings. The van der Waals surface area contributed by atoms with Crippen molar-refractivity contribution in [2.75, 3.05) is 6.54 Å². The standard InChI is InChI=1S/C11H12N2S2/c12-6-5-9-3-4-10(13-8-9)15-11-2-1-7-14-11/h1-4,7-8H,5-6,12H2. The van der Waals surface area contributed by atoms with Crippen molar-refractivity contribution in [2.24, 2.45) is 5.73 Å². The lowest BCUT2D eigenvalue weighted by atomic mass is 10.2. The number of nitrogens with zero attached hydrogens (tertiary/aromatic N) is 1. The van der Waals surface area contributed by atoms with Crippen molar-refractivity contribution in [3.05, 3.63) is 41.4 Å². The molecule has 2 N–H and O–H groups in total. The molecule has 2 aromatic rings. The van der Waals surface area contributed by atoms with Gasteiger partial charge in [0.05, 0.1) is 4.21 Å². The third kappa shape index (κ3) is 3.06. The van der Waals surface area contributed by atoms with Crippen LogP contribution in [0.3, 0.4) is 0 Å². The van der Waals surface area contributed by atoms with Gasteiger partial charge >= 0.3 is 0 Å². The number of thiophene rings is 1. The third-order valence-electron chi connectivity index (χ3n) is 1.93. The fraction of sp³-hybridized carbons (Fsp3) is 0.182. The fourth-order valence-electron chi connectivity index (χ4n) is 1.21. The highest BCUT2D eigenvalue weighted by Gasteiger charge is 1.99. The first-order valence-electron chi connectivity index (χ1n) is 4.75. The summed E-state index contributed by atoms with van der Waals surface area (Å²) in [7, 11) is 0. The Morgan fingerprint density at radius 1 is 1.33 bits per heavy atom. The van der Waals surface area contributed by atoms with Gasteiger partial charge in [-0.15, -0.1) is 11.3 Å². The van der Waals surface area contributed by atoms with Gasteiger partial charge in [0.25, 0.3) is 0 Å². The van der Waals surface area contributed by atoms with Crippen LogP contribution >= 0.6 is 23.1 Å². The van der Waals surface area contributed by atoms with E-state index in [4.69, 9.17) is 5.73 Å². The van der Waals surface area contributed by atoms with Crippen LogP contribution in [0.5, 0.6) is 0 Å². The van der Waals surface area contributed by atoms with Gasteiger partial charge in [0, 0.05) is 6.20 Å². The van der Waals surface area contributed by atoms with Gasteiger partial charge in [-0.2, -0.15) is 0 Å². The highest BCUT2D eigenvalue weighted by Crippen LogP contribution is 2.29. The molecule has 4 heteroatoms. The van der Waals surface area contributed by atoms with Crippen molar-refractivity contribution in [2.45, 2.75) is 15.7 Å². The Hall–Kier alpha value is -0.840. The first-order valence-corrected chi connectivity index (χ1v) is 6.44. The Morgan fingerprint density at radius 2 is 2.27 bits per heavy atom. The predicted molar refractivity (Wildman–Crippen MR) is 65.4 cm³/mol. The van der Waals surface area contributed by atoms with E-state index in [-0.39, 0.29) is 0 Å². The Balaban J connectivity index is 2.04. The normalized spacial score (nSPS) is 10.5. The Morgan fingerprint density at radius 3 is 2.87 bits per heavy atom. The van der Waals surface area contributed by atoms with Crippen molar-refractivity contribution < 1.29 is 0 Å². The molecule has 2 aromatic heterocycles. The molecule has 0 bridgehead atoms. The van der Waals surface area contributed by atoms with Crippen molar-refractivity contribution in [1.29, 1.82) is 0 Å². The summed E-state index contributed by atoms with van der Waals surface area (Å²) in [6.45, 7) is 0.680. The summed E-state index contributed by atoms with van der Waals surface area (Å²) in [6.07, 6.45) is 2.81. The maximum atomic E-state index is 5.48. The van der Waals surface area contributed by atoms with Crippen molar-refractivity contribution >= 4 is 23.1 Å². The molecule has 2 rings (SSSR count). The molecule has 0 radical (unpaired) electrons. The second-order valence-electron chi connectivity index (χ2n) is 3.08. The van der Waals surface area contributed by atoms with Crippen LogP contribution in [0, 0.1) is 0 Å². The van der Waals surface area contributed by atoms with E-state index in [1.807, 2.05) is 6.20 Å². The van der Waals surface area contributed by atoms with Gasteiger partial charge < -0.3 is 5.73 Å². The van der Waals surface area contributed by atoms with E-state index in [2.05, 4.69) is 34.6 Å². The average molecular weight is 236 g/mol. The summed E-state index contributed by atoms with van der Waals surface area (Å²) in [5.41, 5.74) is 6.68. The summed E-state index contributed by atoms with van der Waals surface area (Å²) < 4.78 is 1.27. The molecule has 78 valence electrons. The number of hydrogen-bond donors (Lipinski definition) is 1. The van der Waals surface area contributed by atoms with Gasteiger partial charge in [0.15, 0.2) is 0 Å². The number of hydrogen-bond acceptors (Lipinski definition) is 4. The number of nitrogens with two attached hydrogens (primary N) is 1. The molecule has 0 saturated carbocycles. The summed E-state index contributed by atoms with van der Waals surface area (Å²) in [5, 5.41) is 3.11. The number of pyridine rings is 1. The van der Waals surface area contributed by atoms with Crippen LogP contribution in [-0.4, -0.2) is 11.5 Å². The van der Waals surface area contributed by atoms with Crippen LogP contribution in [0.4, 0.5) is 0 Å². The Kier molecular flexibility index (Phi) is 3.77. The topological polar surface area (TPSA) is 38.9 Å². The van der Waals surface area contributed by atoms with E-state index < -0.39 is 0 Å². The quantitative estimate of drug-likeness (QED) is 0.887. The smallest absolute Gasteiger partial charge is 0.101 e. The van der Waals surface area contributed by atoms with Gasteiger partial charge in [-0.3, -0.25) is 0 Å². The summed E-state index contributed by atoms with van der Waals surface area (Å²) in [5.74, 6) is 0. The summed E-state index contributed by atoms with van der Waals surface area (Å²) in [4.78, 5) is 4.39. The molecule has 15 heavy (non-hydrogen) atoms. The van der Waals surface area contributed by atoms with Gasteiger partial charge in [-0.05, 0) is 36.0 Å². The molecule has 0 fully saturated rings. The molecular formula is C11H12N2S2. The molecule has 0 atom stereocenters. The summed E-state index contributed by atoms with van der Waals surface area (Å²) in [6, 6.07) is 8.30. The van der Waals surface area contributed by atoms with E-state index in [0.717, 1.165) is 11.4 Å². The third-order valence-corrected chi connectivity index (χ3v) is 3.92. The van der Waals surface area contributed by atoms with Crippen LogP contribution < -0.4 is 5.73 Å². The van der Waals surface area contributed by atoms with Crippen molar-refractivity contribution in [1.82, 2.24) is 4.98 Å². The second-order valence-corrected chi connectivity index (χ2v) is 5.35. The fourth-order valence-corrected chi connectivity index (χ4v) is 2.87. The van der Waals surface area contributed by atoms with Gasteiger partial charge in [-0.1, -0.05) is 23.9 Å². The van der Waals surface area contributed by atoms with E-state index in [1.165, 1.54) is 9.77 Å². The van der Waals surface area contributed by atoms with E-state index in [0.29, 0.717) is 6.54 Å². The zero-order valence-corrected chi connectivity index (χ0v) is 9.85. The first kappa shape index (κ1) is 10.7. The maximum Gasteiger partial charge on any atom is 0.101 e. The van der Waals surface area contributed by atoms with Crippen LogP contribution in [0.1, 0.15) is 5.56 Å². The van der Waals surface area contributed by atoms with Crippen molar-refractivity contribution in [3.63, 3.8) is 0 Å². The molecule has 0 unspecified atom stereocenters. The maximum absolute atomic E-state index is 5.48. The lowest BCUT2D eigenvalue weighted by Crippen LogP contribution is -2.02. The molecule has 0 saturated heterocycles. The van der Waals surface area contributed by atoms with Gasteiger partial charge in [0.1, 0.15) is 5.03 Å². The van der Waals surface area contributed by atoms with E-state index in [9.17, 15) is 0 Å². The summed E-state index contributed by atoms with van der Waals surface area (Å²) >= 11 is 3.43. The molecule has 0 aliphatic carbocycles. The zero-order valence-electron chi connectivity index (χ0n) is 8.22. The monoisotopic (exact) mass is 236 g/mol. The Bertz CT molecular complexity index is 395. The molecular weight excluding hydrogens is 224 g/mol. The van der Waals surface area contributed by atoms with Crippen LogP contribution in [-0.2, 0) is 6.42 Å². The minimum atomic E-state index is 0.680. The molecule has 2 nitrogen and oxygen atoms in total. The molecule has 0 amide bonds. The van der Waals surface area contributed by atoms with E-state index >= 15 is 0 Å². The van der Waals surface area contributed by atoms with E-state index in [1.54, 1.807) is 23.1 Å². The number of aromatic nitrogens is 1. The van der Waals surface area contributed by atoms with Gasteiger partial charge in [0.2, 0.25) is 0 Å².